The molecule has 0 radical (unpaired) electrons. The maximum atomic E-state index is 10.8. The molecular weight excluding hydrogens is 206 g/mol. The molecule has 2 atom stereocenters. The SMILES string of the molecule is NC(=O)c1ccc(OC2CCCC2N)nc1. The van der Waals surface area contributed by atoms with Gasteiger partial charge in [0, 0.05) is 18.3 Å². The van der Waals surface area contributed by atoms with Crippen LogP contribution in [0.2, 0.25) is 0 Å². The Morgan fingerprint density at radius 2 is 2.25 bits per heavy atom. The van der Waals surface area contributed by atoms with E-state index in [1.54, 1.807) is 12.1 Å². The molecule has 16 heavy (non-hydrogen) atoms. The molecule has 1 aromatic rings. The molecular formula is C11H15N3O2. The van der Waals surface area contributed by atoms with Crippen LogP contribution in [-0.4, -0.2) is 23.0 Å². The van der Waals surface area contributed by atoms with Crippen LogP contribution in [0.5, 0.6) is 5.88 Å². The van der Waals surface area contributed by atoms with Crippen LogP contribution in [-0.2, 0) is 0 Å². The molecule has 2 unspecified atom stereocenters. The number of carbonyl (C=O) groups is 1. The summed E-state index contributed by atoms with van der Waals surface area (Å²) < 4.78 is 5.63. The first-order valence-corrected chi connectivity index (χ1v) is 5.35. The summed E-state index contributed by atoms with van der Waals surface area (Å²) in [6.45, 7) is 0. The second kappa shape index (κ2) is 4.49. The zero-order chi connectivity index (χ0) is 11.5. The molecule has 5 nitrogen and oxygen atoms in total. The molecule has 1 saturated carbocycles. The van der Waals surface area contributed by atoms with E-state index in [2.05, 4.69) is 4.98 Å². The van der Waals surface area contributed by atoms with E-state index in [4.69, 9.17) is 16.2 Å². The lowest BCUT2D eigenvalue weighted by atomic mass is 10.2. The van der Waals surface area contributed by atoms with Crippen molar-refractivity contribution in [2.45, 2.75) is 31.4 Å². The van der Waals surface area contributed by atoms with Crippen molar-refractivity contribution in [3.05, 3.63) is 23.9 Å². The van der Waals surface area contributed by atoms with Gasteiger partial charge in [0.25, 0.3) is 0 Å². The Hall–Kier alpha value is -1.62. The Labute approximate surface area is 93.8 Å². The van der Waals surface area contributed by atoms with Crippen molar-refractivity contribution in [1.82, 2.24) is 4.98 Å². The van der Waals surface area contributed by atoms with Gasteiger partial charge >= 0.3 is 0 Å². The summed E-state index contributed by atoms with van der Waals surface area (Å²) in [6.07, 6.45) is 4.49. The Morgan fingerprint density at radius 3 is 2.75 bits per heavy atom. The van der Waals surface area contributed by atoms with Crippen LogP contribution in [0.1, 0.15) is 29.6 Å². The Bertz CT molecular complexity index is 377. The van der Waals surface area contributed by atoms with E-state index in [0.717, 1.165) is 19.3 Å². The van der Waals surface area contributed by atoms with E-state index in [1.807, 2.05) is 0 Å². The number of hydrogen-bond acceptors (Lipinski definition) is 4. The fraction of sp³-hybridized carbons (Fsp3) is 0.455. The molecule has 0 aliphatic heterocycles. The van der Waals surface area contributed by atoms with Gasteiger partial charge in [-0.15, -0.1) is 0 Å². The number of amides is 1. The summed E-state index contributed by atoms with van der Waals surface area (Å²) in [6, 6.07) is 3.33. The fourth-order valence-electron chi connectivity index (χ4n) is 1.85. The smallest absolute Gasteiger partial charge is 0.250 e. The van der Waals surface area contributed by atoms with Crippen LogP contribution in [0.25, 0.3) is 0 Å². The number of ether oxygens (including phenoxy) is 1. The Balaban J connectivity index is 2.02. The number of hydrogen-bond donors (Lipinski definition) is 2. The van der Waals surface area contributed by atoms with Crippen LogP contribution < -0.4 is 16.2 Å². The molecule has 1 aliphatic carbocycles. The van der Waals surface area contributed by atoms with Crippen molar-refractivity contribution >= 4 is 5.91 Å². The van der Waals surface area contributed by atoms with Crippen molar-refractivity contribution in [2.24, 2.45) is 11.5 Å². The van der Waals surface area contributed by atoms with Crippen LogP contribution in [0, 0.1) is 0 Å². The molecule has 2 rings (SSSR count). The minimum atomic E-state index is -0.489. The topological polar surface area (TPSA) is 91.2 Å². The van der Waals surface area contributed by atoms with E-state index < -0.39 is 5.91 Å². The van der Waals surface area contributed by atoms with E-state index in [9.17, 15) is 4.79 Å². The van der Waals surface area contributed by atoms with Gasteiger partial charge in [-0.25, -0.2) is 4.98 Å². The van der Waals surface area contributed by atoms with Crippen molar-refractivity contribution < 1.29 is 9.53 Å². The average Bonchev–Trinajstić information content (AvgIpc) is 2.65. The first-order chi connectivity index (χ1) is 7.66. The highest BCUT2D eigenvalue weighted by atomic mass is 16.5. The number of pyridine rings is 1. The minimum absolute atomic E-state index is 0.0342. The molecule has 0 saturated heterocycles. The fourth-order valence-corrected chi connectivity index (χ4v) is 1.85. The number of primary amides is 1. The zero-order valence-electron chi connectivity index (χ0n) is 8.93. The second-order valence-corrected chi connectivity index (χ2v) is 4.00. The van der Waals surface area contributed by atoms with Crippen molar-refractivity contribution in [3.63, 3.8) is 0 Å². The molecule has 1 aliphatic rings. The third-order valence-electron chi connectivity index (χ3n) is 2.80. The molecule has 1 heterocycles. The molecule has 1 amide bonds. The largest absolute Gasteiger partial charge is 0.473 e. The molecule has 4 N–H and O–H groups in total. The van der Waals surface area contributed by atoms with Crippen molar-refractivity contribution in [1.29, 1.82) is 0 Å². The third kappa shape index (κ3) is 2.30. The van der Waals surface area contributed by atoms with Gasteiger partial charge in [-0.3, -0.25) is 4.79 Å². The predicted octanol–water partition coefficient (Wildman–Crippen LogP) is 0.439. The van der Waals surface area contributed by atoms with Gasteiger partial charge in [0.2, 0.25) is 11.8 Å². The quantitative estimate of drug-likeness (QED) is 0.774. The maximum absolute atomic E-state index is 10.8. The second-order valence-electron chi connectivity index (χ2n) is 4.00. The molecule has 1 aromatic heterocycles. The number of rotatable bonds is 3. The lowest BCUT2D eigenvalue weighted by molar-refractivity contribution is 0.0999. The van der Waals surface area contributed by atoms with Crippen LogP contribution in [0.4, 0.5) is 0 Å². The van der Waals surface area contributed by atoms with E-state index in [-0.39, 0.29) is 12.1 Å². The summed E-state index contributed by atoms with van der Waals surface area (Å²) in [7, 11) is 0. The minimum Gasteiger partial charge on any atom is -0.473 e. The lowest BCUT2D eigenvalue weighted by Crippen LogP contribution is -2.33. The highest BCUT2D eigenvalue weighted by molar-refractivity contribution is 5.92. The number of nitrogens with two attached hydrogens (primary N) is 2. The van der Waals surface area contributed by atoms with Crippen LogP contribution >= 0.6 is 0 Å². The van der Waals surface area contributed by atoms with Crippen LogP contribution in [0.15, 0.2) is 18.3 Å². The Morgan fingerprint density at radius 1 is 1.44 bits per heavy atom. The van der Waals surface area contributed by atoms with Gasteiger partial charge in [0.05, 0.1) is 5.56 Å². The summed E-state index contributed by atoms with van der Waals surface area (Å²) >= 11 is 0. The number of aromatic nitrogens is 1. The standard InChI is InChI=1S/C11H15N3O2/c12-8-2-1-3-9(8)16-10-5-4-7(6-14-10)11(13)15/h4-6,8-9H,1-3,12H2,(H2,13,15). The Kier molecular flexibility index (Phi) is 3.05. The van der Waals surface area contributed by atoms with Gasteiger partial charge in [0.15, 0.2) is 0 Å². The van der Waals surface area contributed by atoms with Crippen molar-refractivity contribution in [3.8, 4) is 5.88 Å². The van der Waals surface area contributed by atoms with Gasteiger partial charge in [0.1, 0.15) is 6.10 Å². The monoisotopic (exact) mass is 221 g/mol. The summed E-state index contributed by atoms with van der Waals surface area (Å²) in [4.78, 5) is 14.8. The van der Waals surface area contributed by atoms with Crippen LogP contribution in [0.3, 0.4) is 0 Å². The first-order valence-electron chi connectivity index (χ1n) is 5.35. The van der Waals surface area contributed by atoms with E-state index in [1.165, 1.54) is 6.20 Å². The summed E-state index contributed by atoms with van der Waals surface area (Å²) in [5.41, 5.74) is 11.4. The van der Waals surface area contributed by atoms with Gasteiger partial charge in [-0.1, -0.05) is 0 Å². The van der Waals surface area contributed by atoms with E-state index >= 15 is 0 Å². The van der Waals surface area contributed by atoms with Gasteiger partial charge in [-0.05, 0) is 25.3 Å². The predicted molar refractivity (Wildman–Crippen MR) is 59.0 cm³/mol. The van der Waals surface area contributed by atoms with E-state index in [0.29, 0.717) is 11.4 Å². The maximum Gasteiger partial charge on any atom is 0.250 e. The molecule has 0 aromatic carbocycles. The molecule has 86 valence electrons. The first kappa shape index (κ1) is 10.9. The zero-order valence-corrected chi connectivity index (χ0v) is 8.93. The lowest BCUT2D eigenvalue weighted by Gasteiger charge is -2.16. The number of nitrogens with zero attached hydrogens (tertiary/aromatic N) is 1. The molecule has 0 bridgehead atoms. The third-order valence-corrected chi connectivity index (χ3v) is 2.80. The average molecular weight is 221 g/mol. The van der Waals surface area contributed by atoms with Crippen molar-refractivity contribution in [2.75, 3.05) is 0 Å². The number of carbonyl (C=O) groups excluding carboxylic acids is 1. The molecule has 0 spiro atoms. The van der Waals surface area contributed by atoms with Gasteiger partial charge < -0.3 is 16.2 Å². The summed E-state index contributed by atoms with van der Waals surface area (Å²) in [5, 5.41) is 0. The highest BCUT2D eigenvalue weighted by Gasteiger charge is 2.25. The normalized spacial score (nSPS) is 24.3. The van der Waals surface area contributed by atoms with Gasteiger partial charge in [-0.2, -0.15) is 0 Å². The molecule has 1 fully saturated rings. The molecule has 5 heteroatoms. The highest BCUT2D eigenvalue weighted by Crippen LogP contribution is 2.22. The summed E-state index contributed by atoms with van der Waals surface area (Å²) in [5.74, 6) is 0.00367.